The minimum Gasteiger partial charge on any atom is -0.453 e. The maximum Gasteiger partial charge on any atom is 0.409 e. The van der Waals surface area contributed by atoms with Crippen molar-refractivity contribution in [2.75, 3.05) is 20.3 Å². The van der Waals surface area contributed by atoms with Crippen molar-refractivity contribution in [2.24, 2.45) is 0 Å². The smallest absolute Gasteiger partial charge is 0.409 e. The molecule has 2 heterocycles. The molecule has 7 nitrogen and oxygen atoms in total. The van der Waals surface area contributed by atoms with Gasteiger partial charge in [-0.25, -0.2) is 4.79 Å². The largest absolute Gasteiger partial charge is 0.453 e. The van der Waals surface area contributed by atoms with E-state index in [0.29, 0.717) is 24.6 Å². The number of hydrogen-bond acceptors (Lipinski definition) is 5. The Hall–Kier alpha value is -2.85. The molecule has 0 bridgehead atoms. The fraction of sp³-hybridized carbons (Fsp3) is 0.542. The van der Waals surface area contributed by atoms with Crippen LogP contribution in [0.3, 0.4) is 0 Å². The highest BCUT2D eigenvalue weighted by molar-refractivity contribution is 5.68. The van der Waals surface area contributed by atoms with Crippen LogP contribution < -0.4 is 0 Å². The summed E-state index contributed by atoms with van der Waals surface area (Å²) >= 11 is 0. The van der Waals surface area contributed by atoms with Gasteiger partial charge in [-0.05, 0) is 50.0 Å². The highest BCUT2D eigenvalue weighted by atomic mass is 16.5. The minimum absolute atomic E-state index is 0.0468. The predicted octanol–water partition coefficient (Wildman–Crippen LogP) is 4.34. The second kappa shape index (κ2) is 9.97. The summed E-state index contributed by atoms with van der Waals surface area (Å²) in [6.07, 6.45) is 7.43. The highest BCUT2D eigenvalue weighted by Gasteiger charge is 2.39. The maximum atomic E-state index is 12.5. The molecular weight excluding hydrogens is 392 g/mol. The average Bonchev–Trinajstić information content (AvgIpc) is 3.31. The third-order valence-corrected chi connectivity index (χ3v) is 6.78. The van der Waals surface area contributed by atoms with Crippen LogP contribution in [0.5, 0.6) is 0 Å². The molecule has 0 radical (unpaired) electrons. The highest BCUT2D eigenvalue weighted by Crippen LogP contribution is 2.36. The number of nitrogens with zero attached hydrogens (tertiary/aromatic N) is 3. The Balaban J connectivity index is 1.42. The van der Waals surface area contributed by atoms with Crippen LogP contribution >= 0.6 is 0 Å². The van der Waals surface area contributed by atoms with Gasteiger partial charge in [0.2, 0.25) is 0 Å². The van der Waals surface area contributed by atoms with E-state index in [2.05, 4.69) is 46.6 Å². The van der Waals surface area contributed by atoms with Crippen molar-refractivity contribution in [1.82, 2.24) is 15.1 Å². The summed E-state index contributed by atoms with van der Waals surface area (Å²) in [5, 5.41) is 16.6. The molecule has 4 rings (SSSR count). The van der Waals surface area contributed by atoms with Crippen molar-refractivity contribution in [1.29, 1.82) is 5.26 Å². The van der Waals surface area contributed by atoms with Crippen LogP contribution in [0.4, 0.5) is 4.79 Å². The lowest BCUT2D eigenvalue weighted by molar-refractivity contribution is -0.0242. The van der Waals surface area contributed by atoms with E-state index < -0.39 is 0 Å². The van der Waals surface area contributed by atoms with Crippen molar-refractivity contribution >= 4 is 6.09 Å². The number of aromatic nitrogens is 2. The summed E-state index contributed by atoms with van der Waals surface area (Å²) in [4.78, 5) is 14.2. The first-order chi connectivity index (χ1) is 15.2. The monoisotopic (exact) mass is 422 g/mol. The number of piperidine rings is 1. The van der Waals surface area contributed by atoms with E-state index in [9.17, 15) is 10.1 Å². The van der Waals surface area contributed by atoms with Gasteiger partial charge in [0.1, 0.15) is 6.07 Å². The van der Waals surface area contributed by atoms with Crippen LogP contribution in [-0.2, 0) is 9.47 Å². The van der Waals surface area contributed by atoms with Crippen molar-refractivity contribution < 1.29 is 14.3 Å². The standard InChI is InChI=1S/C24H30N4O3/c1-30-24(29)28-13-5-8-21(23-19(14-25)15-26-27-23)22(28)16-31-20-11-9-18(10-12-20)17-6-3-2-4-7-17/h2-4,6-7,15,18,20-22H,5,8-13,16H2,1H3,(H,26,27)/t18-,20+,21-,22-/m0/s1. The summed E-state index contributed by atoms with van der Waals surface area (Å²) < 4.78 is 11.4. The number of amides is 1. The van der Waals surface area contributed by atoms with E-state index in [1.807, 2.05) is 0 Å². The normalized spacial score (nSPS) is 26.3. The summed E-state index contributed by atoms with van der Waals surface area (Å²) in [7, 11) is 1.41. The van der Waals surface area contributed by atoms with Crippen molar-refractivity contribution in [3.8, 4) is 6.07 Å². The number of nitrogens with one attached hydrogen (secondary N) is 1. The molecule has 2 aromatic rings. The van der Waals surface area contributed by atoms with Crippen LogP contribution in [0, 0.1) is 11.3 Å². The molecular formula is C24H30N4O3. The summed E-state index contributed by atoms with van der Waals surface area (Å²) in [6, 6.07) is 12.7. The summed E-state index contributed by atoms with van der Waals surface area (Å²) in [6.45, 7) is 1.06. The fourth-order valence-electron chi connectivity index (χ4n) is 5.12. The zero-order valence-corrected chi connectivity index (χ0v) is 18.0. The van der Waals surface area contributed by atoms with Gasteiger partial charge >= 0.3 is 6.09 Å². The van der Waals surface area contributed by atoms with Crippen LogP contribution in [0.15, 0.2) is 36.5 Å². The molecule has 1 saturated carbocycles. The molecule has 0 unspecified atom stereocenters. The van der Waals surface area contributed by atoms with Crippen LogP contribution in [0.2, 0.25) is 0 Å². The Morgan fingerprint density at radius 1 is 1.23 bits per heavy atom. The lowest BCUT2D eigenvalue weighted by Gasteiger charge is -2.40. The Bertz CT molecular complexity index is 899. The number of aromatic amines is 1. The van der Waals surface area contributed by atoms with Gasteiger partial charge in [-0.3, -0.25) is 5.10 Å². The van der Waals surface area contributed by atoms with Crippen LogP contribution in [-0.4, -0.2) is 53.6 Å². The fourth-order valence-corrected chi connectivity index (χ4v) is 5.12. The van der Waals surface area contributed by atoms with Gasteiger partial charge in [0.15, 0.2) is 0 Å². The average molecular weight is 423 g/mol. The number of nitriles is 1. The van der Waals surface area contributed by atoms with Gasteiger partial charge in [-0.1, -0.05) is 30.3 Å². The molecule has 31 heavy (non-hydrogen) atoms. The number of carbonyl (C=O) groups is 1. The van der Waals surface area contributed by atoms with Gasteiger partial charge < -0.3 is 14.4 Å². The van der Waals surface area contributed by atoms with E-state index in [1.165, 1.54) is 12.7 Å². The second-order valence-corrected chi connectivity index (χ2v) is 8.49. The number of rotatable bonds is 5. The molecule has 1 amide bonds. The first-order valence-corrected chi connectivity index (χ1v) is 11.2. The van der Waals surface area contributed by atoms with Crippen molar-refractivity contribution in [3.05, 3.63) is 53.3 Å². The van der Waals surface area contributed by atoms with Gasteiger partial charge in [0.25, 0.3) is 0 Å². The van der Waals surface area contributed by atoms with E-state index in [-0.39, 0.29) is 24.2 Å². The van der Waals surface area contributed by atoms with Crippen LogP contribution in [0.25, 0.3) is 0 Å². The lowest BCUT2D eigenvalue weighted by Crippen LogP contribution is -2.50. The Morgan fingerprint density at radius 3 is 2.71 bits per heavy atom. The number of carbonyl (C=O) groups excluding carboxylic acids is 1. The first-order valence-electron chi connectivity index (χ1n) is 11.2. The molecule has 0 spiro atoms. The molecule has 1 N–H and O–H groups in total. The third-order valence-electron chi connectivity index (χ3n) is 6.78. The topological polar surface area (TPSA) is 91.2 Å². The third kappa shape index (κ3) is 4.75. The maximum absolute atomic E-state index is 12.5. The molecule has 1 aromatic heterocycles. The zero-order valence-electron chi connectivity index (χ0n) is 18.0. The number of benzene rings is 1. The Labute approximate surface area is 183 Å². The van der Waals surface area contributed by atoms with Gasteiger partial charge in [0.05, 0.1) is 37.1 Å². The van der Waals surface area contributed by atoms with Gasteiger partial charge in [-0.2, -0.15) is 10.4 Å². The molecule has 7 heteroatoms. The molecule has 2 fully saturated rings. The summed E-state index contributed by atoms with van der Waals surface area (Å²) in [5.74, 6) is 0.548. The molecule has 2 aliphatic rings. The number of ether oxygens (including phenoxy) is 2. The van der Waals surface area contributed by atoms with Gasteiger partial charge in [-0.15, -0.1) is 0 Å². The molecule has 164 valence electrons. The van der Waals surface area contributed by atoms with E-state index in [0.717, 1.165) is 44.2 Å². The van der Waals surface area contributed by atoms with Crippen molar-refractivity contribution in [2.45, 2.75) is 62.5 Å². The molecule has 1 aliphatic heterocycles. The van der Waals surface area contributed by atoms with E-state index in [1.54, 1.807) is 11.1 Å². The minimum atomic E-state index is -0.347. The quantitative estimate of drug-likeness (QED) is 0.774. The number of hydrogen-bond donors (Lipinski definition) is 1. The lowest BCUT2D eigenvalue weighted by atomic mass is 9.82. The predicted molar refractivity (Wildman–Crippen MR) is 116 cm³/mol. The van der Waals surface area contributed by atoms with Gasteiger partial charge in [0, 0.05) is 18.7 Å². The van der Waals surface area contributed by atoms with E-state index in [4.69, 9.17) is 9.47 Å². The molecule has 1 aliphatic carbocycles. The first kappa shape index (κ1) is 21.4. The van der Waals surface area contributed by atoms with E-state index >= 15 is 0 Å². The SMILES string of the molecule is COC(=O)N1CCC[C@H](c2n[nH]cc2C#N)[C@@H]1CO[C@H]1CC[C@@H](c2ccccc2)CC1. The second-order valence-electron chi connectivity index (χ2n) is 8.49. The number of H-pyrrole nitrogens is 1. The Morgan fingerprint density at radius 2 is 2.00 bits per heavy atom. The molecule has 1 saturated heterocycles. The number of methoxy groups -OCH3 is 1. The molecule has 1 aromatic carbocycles. The van der Waals surface area contributed by atoms with Crippen molar-refractivity contribution in [3.63, 3.8) is 0 Å². The summed E-state index contributed by atoms with van der Waals surface area (Å²) in [5.41, 5.74) is 2.66. The number of likely N-dealkylation sites (tertiary alicyclic amines) is 1. The Kier molecular flexibility index (Phi) is 6.88. The zero-order chi connectivity index (χ0) is 21.6. The molecule has 2 atom stereocenters. The van der Waals surface area contributed by atoms with Crippen LogP contribution in [0.1, 0.15) is 67.2 Å².